The standard InChI is InChI=1S/C15H21F2NO/c1-2-15(13-8-3-10(16)9-14(13)17)18-11-4-6-12(19)7-5-11/h3,8-9,11-12,15,18-19H,2,4-7H2,1H3. The second kappa shape index (κ2) is 6.44. The maximum Gasteiger partial charge on any atom is 0.130 e. The maximum absolute atomic E-state index is 13.8. The molecule has 106 valence electrons. The first-order chi connectivity index (χ1) is 9.10. The van der Waals surface area contributed by atoms with Crippen LogP contribution in [0.2, 0.25) is 0 Å². The summed E-state index contributed by atoms with van der Waals surface area (Å²) in [5, 5.41) is 12.9. The Morgan fingerprint density at radius 2 is 1.95 bits per heavy atom. The molecule has 2 rings (SSSR count). The molecule has 2 nitrogen and oxygen atoms in total. The molecule has 0 saturated heterocycles. The largest absolute Gasteiger partial charge is 0.393 e. The summed E-state index contributed by atoms with van der Waals surface area (Å²) in [7, 11) is 0. The third kappa shape index (κ3) is 3.74. The van der Waals surface area contributed by atoms with E-state index in [-0.39, 0.29) is 12.1 Å². The van der Waals surface area contributed by atoms with E-state index < -0.39 is 11.6 Å². The quantitative estimate of drug-likeness (QED) is 0.879. The van der Waals surface area contributed by atoms with E-state index in [0.29, 0.717) is 11.6 Å². The normalized spacial score (nSPS) is 25.3. The van der Waals surface area contributed by atoms with Crippen molar-refractivity contribution < 1.29 is 13.9 Å². The summed E-state index contributed by atoms with van der Waals surface area (Å²) in [6, 6.07) is 3.96. The van der Waals surface area contributed by atoms with Crippen LogP contribution < -0.4 is 5.32 Å². The Hall–Kier alpha value is -1.00. The molecule has 2 N–H and O–H groups in total. The van der Waals surface area contributed by atoms with Crippen molar-refractivity contribution in [1.29, 1.82) is 0 Å². The van der Waals surface area contributed by atoms with Crippen LogP contribution in [0.1, 0.15) is 50.6 Å². The molecular weight excluding hydrogens is 248 g/mol. The van der Waals surface area contributed by atoms with Crippen LogP contribution >= 0.6 is 0 Å². The summed E-state index contributed by atoms with van der Waals surface area (Å²) in [6.07, 6.45) is 3.95. The Kier molecular flexibility index (Phi) is 4.88. The zero-order chi connectivity index (χ0) is 13.8. The number of hydrogen-bond donors (Lipinski definition) is 2. The summed E-state index contributed by atoms with van der Waals surface area (Å²) in [5.41, 5.74) is 0.523. The minimum atomic E-state index is -0.545. The number of nitrogens with one attached hydrogen (secondary N) is 1. The van der Waals surface area contributed by atoms with Crippen LogP contribution in [0.5, 0.6) is 0 Å². The average Bonchev–Trinajstić information content (AvgIpc) is 2.39. The van der Waals surface area contributed by atoms with Crippen LogP contribution in [-0.4, -0.2) is 17.3 Å². The number of halogens is 2. The number of aliphatic hydroxyl groups excluding tert-OH is 1. The molecule has 0 spiro atoms. The van der Waals surface area contributed by atoms with Gasteiger partial charge >= 0.3 is 0 Å². The monoisotopic (exact) mass is 269 g/mol. The first-order valence-electron chi connectivity index (χ1n) is 6.99. The van der Waals surface area contributed by atoms with E-state index in [9.17, 15) is 13.9 Å². The molecule has 19 heavy (non-hydrogen) atoms. The highest BCUT2D eigenvalue weighted by atomic mass is 19.1. The van der Waals surface area contributed by atoms with Gasteiger partial charge in [0.15, 0.2) is 0 Å². The van der Waals surface area contributed by atoms with Gasteiger partial charge < -0.3 is 10.4 Å². The minimum absolute atomic E-state index is 0.0964. The topological polar surface area (TPSA) is 32.3 Å². The van der Waals surface area contributed by atoms with E-state index >= 15 is 0 Å². The van der Waals surface area contributed by atoms with Crippen LogP contribution in [-0.2, 0) is 0 Å². The van der Waals surface area contributed by atoms with Crippen molar-refractivity contribution >= 4 is 0 Å². The van der Waals surface area contributed by atoms with Crippen LogP contribution in [0.15, 0.2) is 18.2 Å². The molecule has 1 aromatic carbocycles. The predicted molar refractivity (Wildman–Crippen MR) is 70.8 cm³/mol. The van der Waals surface area contributed by atoms with Crippen LogP contribution in [0, 0.1) is 11.6 Å². The Morgan fingerprint density at radius 1 is 1.26 bits per heavy atom. The van der Waals surface area contributed by atoms with Crippen LogP contribution in [0.4, 0.5) is 8.78 Å². The average molecular weight is 269 g/mol. The number of rotatable bonds is 4. The number of aliphatic hydroxyl groups is 1. The molecule has 1 aliphatic rings. The highest BCUT2D eigenvalue weighted by Crippen LogP contribution is 2.25. The van der Waals surface area contributed by atoms with E-state index in [1.807, 2.05) is 6.92 Å². The highest BCUT2D eigenvalue weighted by Gasteiger charge is 2.23. The summed E-state index contributed by atoms with van der Waals surface area (Å²) < 4.78 is 26.7. The first-order valence-corrected chi connectivity index (χ1v) is 6.99. The fraction of sp³-hybridized carbons (Fsp3) is 0.600. The van der Waals surface area contributed by atoms with Gasteiger partial charge in [-0.15, -0.1) is 0 Å². The summed E-state index contributed by atoms with van der Waals surface area (Å²) >= 11 is 0. The van der Waals surface area contributed by atoms with E-state index in [1.54, 1.807) is 0 Å². The molecule has 0 aliphatic heterocycles. The second-order valence-corrected chi connectivity index (χ2v) is 5.30. The smallest absolute Gasteiger partial charge is 0.130 e. The van der Waals surface area contributed by atoms with Crippen molar-refractivity contribution in [3.05, 3.63) is 35.4 Å². The molecule has 0 radical (unpaired) electrons. The molecule has 1 fully saturated rings. The first kappa shape index (κ1) is 14.4. The molecule has 1 saturated carbocycles. The Morgan fingerprint density at radius 3 is 2.53 bits per heavy atom. The van der Waals surface area contributed by atoms with Gasteiger partial charge in [0.1, 0.15) is 11.6 Å². The second-order valence-electron chi connectivity index (χ2n) is 5.30. The Balaban J connectivity index is 2.03. The lowest BCUT2D eigenvalue weighted by Gasteiger charge is -2.30. The van der Waals surface area contributed by atoms with E-state index in [4.69, 9.17) is 0 Å². The molecule has 1 unspecified atom stereocenters. The minimum Gasteiger partial charge on any atom is -0.393 e. The third-order valence-electron chi connectivity index (χ3n) is 3.88. The van der Waals surface area contributed by atoms with Crippen molar-refractivity contribution in [2.45, 2.75) is 57.2 Å². The summed E-state index contributed by atoms with van der Waals surface area (Å²) in [4.78, 5) is 0. The van der Waals surface area contributed by atoms with Crippen molar-refractivity contribution in [2.24, 2.45) is 0 Å². The molecular formula is C15H21F2NO. The van der Waals surface area contributed by atoms with Crippen molar-refractivity contribution in [1.82, 2.24) is 5.32 Å². The van der Waals surface area contributed by atoms with Gasteiger partial charge in [0.25, 0.3) is 0 Å². The fourth-order valence-electron chi connectivity index (χ4n) is 2.74. The third-order valence-corrected chi connectivity index (χ3v) is 3.88. The van der Waals surface area contributed by atoms with E-state index in [2.05, 4.69) is 5.32 Å². The molecule has 0 amide bonds. The molecule has 1 aliphatic carbocycles. The number of hydrogen-bond acceptors (Lipinski definition) is 2. The molecule has 0 heterocycles. The number of benzene rings is 1. The summed E-state index contributed by atoms with van der Waals surface area (Å²) in [5.74, 6) is -1.04. The van der Waals surface area contributed by atoms with Gasteiger partial charge in [-0.05, 0) is 38.2 Å². The van der Waals surface area contributed by atoms with Crippen molar-refractivity contribution in [3.63, 3.8) is 0 Å². The maximum atomic E-state index is 13.8. The van der Waals surface area contributed by atoms with Crippen LogP contribution in [0.3, 0.4) is 0 Å². The zero-order valence-corrected chi connectivity index (χ0v) is 11.2. The zero-order valence-electron chi connectivity index (χ0n) is 11.2. The lowest BCUT2D eigenvalue weighted by molar-refractivity contribution is 0.114. The van der Waals surface area contributed by atoms with Gasteiger partial charge in [0.2, 0.25) is 0 Å². The molecule has 0 aromatic heterocycles. The van der Waals surface area contributed by atoms with Crippen molar-refractivity contribution in [3.8, 4) is 0 Å². The lowest BCUT2D eigenvalue weighted by atomic mass is 9.91. The van der Waals surface area contributed by atoms with Gasteiger partial charge in [0.05, 0.1) is 6.10 Å². The van der Waals surface area contributed by atoms with Gasteiger partial charge in [-0.2, -0.15) is 0 Å². The van der Waals surface area contributed by atoms with E-state index in [1.165, 1.54) is 12.1 Å². The Bertz CT molecular complexity index is 417. The molecule has 4 heteroatoms. The predicted octanol–water partition coefficient (Wildman–Crippen LogP) is 3.31. The van der Waals surface area contributed by atoms with Gasteiger partial charge in [-0.1, -0.05) is 13.0 Å². The molecule has 1 aromatic rings. The molecule has 1 atom stereocenters. The molecule has 0 bridgehead atoms. The fourth-order valence-corrected chi connectivity index (χ4v) is 2.74. The summed E-state index contributed by atoms with van der Waals surface area (Å²) in [6.45, 7) is 1.98. The van der Waals surface area contributed by atoms with Crippen molar-refractivity contribution in [2.75, 3.05) is 0 Å². The van der Waals surface area contributed by atoms with Gasteiger partial charge in [0, 0.05) is 23.7 Å². The van der Waals surface area contributed by atoms with Gasteiger partial charge in [-0.3, -0.25) is 0 Å². The lowest BCUT2D eigenvalue weighted by Crippen LogP contribution is -2.37. The van der Waals surface area contributed by atoms with E-state index in [0.717, 1.165) is 38.2 Å². The van der Waals surface area contributed by atoms with Gasteiger partial charge in [-0.25, -0.2) is 8.78 Å². The SMILES string of the molecule is CCC(NC1CCC(O)CC1)c1ccc(F)cc1F. The van der Waals surface area contributed by atoms with Crippen LogP contribution in [0.25, 0.3) is 0 Å². The highest BCUT2D eigenvalue weighted by molar-refractivity contribution is 5.22. The Labute approximate surface area is 112 Å².